The molecule has 8 heteroatoms. The number of hydrogen-bond acceptors (Lipinski definition) is 4. The van der Waals surface area contributed by atoms with E-state index in [0.717, 1.165) is 37.9 Å². The van der Waals surface area contributed by atoms with Gasteiger partial charge in [0, 0.05) is 28.9 Å². The first kappa shape index (κ1) is 23.2. The maximum Gasteiger partial charge on any atom is 0.263 e. The summed E-state index contributed by atoms with van der Waals surface area (Å²) in [6.07, 6.45) is 3.95. The molecule has 5 aromatic rings. The van der Waals surface area contributed by atoms with Gasteiger partial charge < -0.3 is 4.57 Å². The number of para-hydroxylation sites is 2. The van der Waals surface area contributed by atoms with Gasteiger partial charge in [0.25, 0.3) is 5.91 Å². The number of halogens is 2. The Hall–Kier alpha value is -4.17. The van der Waals surface area contributed by atoms with E-state index in [1.54, 1.807) is 24.5 Å². The molecule has 1 amide bonds. The number of aromatic nitrogens is 3. The lowest BCUT2D eigenvalue weighted by Gasteiger charge is -2.23. The maximum absolute atomic E-state index is 13.9. The number of carbonyl (C=O) groups excluding carboxylic acids is 1. The van der Waals surface area contributed by atoms with Crippen molar-refractivity contribution >= 4 is 38.6 Å². The molecule has 1 unspecified atom stereocenters. The third-order valence-corrected chi connectivity index (χ3v) is 7.01. The number of hydrazone groups is 1. The van der Waals surface area contributed by atoms with Crippen molar-refractivity contribution in [3.8, 4) is 11.4 Å². The number of benzene rings is 3. The number of carbonyl (C=O) groups is 1. The summed E-state index contributed by atoms with van der Waals surface area (Å²) < 4.78 is 16.6. The highest BCUT2D eigenvalue weighted by atomic mass is 79.9. The molecule has 0 bridgehead atoms. The Balaban J connectivity index is 1.40. The van der Waals surface area contributed by atoms with Crippen LogP contribution >= 0.6 is 15.9 Å². The fourth-order valence-electron chi connectivity index (χ4n) is 4.67. The molecule has 0 spiro atoms. The van der Waals surface area contributed by atoms with Crippen LogP contribution < -0.4 is 0 Å². The third-order valence-electron chi connectivity index (χ3n) is 6.48. The first-order chi connectivity index (χ1) is 18.1. The summed E-state index contributed by atoms with van der Waals surface area (Å²) >= 11 is 3.47. The van der Waals surface area contributed by atoms with E-state index in [1.165, 1.54) is 17.1 Å². The van der Waals surface area contributed by atoms with Gasteiger partial charge in [-0.05, 0) is 59.7 Å². The molecule has 0 aliphatic carbocycles. The maximum atomic E-state index is 13.9. The van der Waals surface area contributed by atoms with E-state index in [-0.39, 0.29) is 24.3 Å². The van der Waals surface area contributed by atoms with E-state index in [2.05, 4.69) is 20.9 Å². The predicted octanol–water partition coefficient (Wildman–Crippen LogP) is 6.38. The minimum absolute atomic E-state index is 0.0486. The van der Waals surface area contributed by atoms with Gasteiger partial charge in [0.15, 0.2) is 0 Å². The summed E-state index contributed by atoms with van der Waals surface area (Å²) in [5.41, 5.74) is 5.11. The van der Waals surface area contributed by atoms with Gasteiger partial charge in [0.1, 0.15) is 18.2 Å². The Bertz CT molecular complexity index is 1610. The van der Waals surface area contributed by atoms with Gasteiger partial charge in [-0.1, -0.05) is 52.3 Å². The lowest BCUT2D eigenvalue weighted by molar-refractivity contribution is -0.133. The van der Waals surface area contributed by atoms with Gasteiger partial charge in [0.05, 0.1) is 22.8 Å². The van der Waals surface area contributed by atoms with E-state index in [4.69, 9.17) is 10.1 Å². The van der Waals surface area contributed by atoms with Crippen LogP contribution in [-0.2, 0) is 11.3 Å². The van der Waals surface area contributed by atoms with Crippen molar-refractivity contribution in [1.82, 2.24) is 19.5 Å². The van der Waals surface area contributed by atoms with Gasteiger partial charge in [-0.3, -0.25) is 9.78 Å². The molecule has 0 N–H and O–H groups in total. The van der Waals surface area contributed by atoms with Crippen molar-refractivity contribution < 1.29 is 9.18 Å². The monoisotopic (exact) mass is 553 g/mol. The molecular formula is C29H21BrFN5O. The van der Waals surface area contributed by atoms with Gasteiger partial charge in [-0.25, -0.2) is 14.4 Å². The number of rotatable bonds is 5. The molecule has 2 aromatic heterocycles. The SMILES string of the molecule is O=C(Cn1c(-c2ccncc2)nc2ccccc21)N1N=C(c2ccc(Br)cc2)CC1c1ccc(F)cc1. The Morgan fingerprint density at radius 2 is 1.65 bits per heavy atom. The van der Waals surface area contributed by atoms with Crippen LogP contribution in [0.3, 0.4) is 0 Å². The van der Waals surface area contributed by atoms with Crippen molar-refractivity contribution in [2.45, 2.75) is 19.0 Å². The first-order valence-corrected chi connectivity index (χ1v) is 12.6. The van der Waals surface area contributed by atoms with Crippen molar-refractivity contribution in [3.63, 3.8) is 0 Å². The Morgan fingerprint density at radius 3 is 2.41 bits per heavy atom. The minimum Gasteiger partial charge on any atom is -0.314 e. The lowest BCUT2D eigenvalue weighted by Crippen LogP contribution is -2.30. The number of fused-ring (bicyclic) bond motifs is 1. The van der Waals surface area contributed by atoms with E-state index >= 15 is 0 Å². The largest absolute Gasteiger partial charge is 0.314 e. The van der Waals surface area contributed by atoms with E-state index in [0.29, 0.717) is 12.2 Å². The number of imidazole rings is 1. The van der Waals surface area contributed by atoms with Crippen molar-refractivity contribution in [2.24, 2.45) is 5.10 Å². The molecule has 0 radical (unpaired) electrons. The number of nitrogens with zero attached hydrogens (tertiary/aromatic N) is 5. The highest BCUT2D eigenvalue weighted by Crippen LogP contribution is 2.34. The second kappa shape index (κ2) is 9.71. The van der Waals surface area contributed by atoms with Crippen LogP contribution in [-0.4, -0.2) is 31.2 Å². The normalized spacial score (nSPS) is 15.2. The van der Waals surface area contributed by atoms with Crippen molar-refractivity contribution in [1.29, 1.82) is 0 Å². The van der Waals surface area contributed by atoms with Crippen molar-refractivity contribution in [2.75, 3.05) is 0 Å². The Kier molecular flexibility index (Phi) is 6.10. The molecule has 6 rings (SSSR count). The first-order valence-electron chi connectivity index (χ1n) is 11.8. The van der Waals surface area contributed by atoms with E-state index < -0.39 is 0 Å². The smallest absolute Gasteiger partial charge is 0.263 e. The topological polar surface area (TPSA) is 63.4 Å². The van der Waals surface area contributed by atoms with Crippen LogP contribution in [0.1, 0.15) is 23.6 Å². The average Bonchev–Trinajstić information content (AvgIpc) is 3.53. The van der Waals surface area contributed by atoms with Crippen LogP contribution in [0.25, 0.3) is 22.4 Å². The number of pyridine rings is 1. The molecule has 0 saturated heterocycles. The molecule has 1 aliphatic heterocycles. The summed E-state index contributed by atoms with van der Waals surface area (Å²) in [6, 6.07) is 25.3. The van der Waals surface area contributed by atoms with Gasteiger partial charge in [-0.15, -0.1) is 0 Å². The lowest BCUT2D eigenvalue weighted by atomic mass is 9.98. The fraction of sp³-hybridized carbons (Fsp3) is 0.103. The summed E-state index contributed by atoms with van der Waals surface area (Å²) in [4.78, 5) is 22.8. The van der Waals surface area contributed by atoms with Crippen LogP contribution in [0.2, 0.25) is 0 Å². The predicted molar refractivity (Wildman–Crippen MR) is 144 cm³/mol. The zero-order valence-electron chi connectivity index (χ0n) is 19.6. The fourth-order valence-corrected chi connectivity index (χ4v) is 4.93. The third kappa shape index (κ3) is 4.56. The number of amides is 1. The molecule has 182 valence electrons. The standard InChI is InChI=1S/C29H21BrFN5O/c30-22-9-5-19(6-10-22)25-17-27(20-7-11-23(31)12-8-20)36(34-25)28(37)18-35-26-4-2-1-3-24(26)33-29(35)21-13-15-32-16-14-21/h1-16,27H,17-18H2. The Morgan fingerprint density at radius 1 is 0.919 bits per heavy atom. The molecule has 37 heavy (non-hydrogen) atoms. The van der Waals surface area contributed by atoms with E-state index in [1.807, 2.05) is 65.2 Å². The zero-order chi connectivity index (χ0) is 25.4. The summed E-state index contributed by atoms with van der Waals surface area (Å²) in [5, 5.41) is 6.32. The summed E-state index contributed by atoms with van der Waals surface area (Å²) in [6.45, 7) is 0.0486. The Labute approximate surface area is 221 Å². The van der Waals surface area contributed by atoms with Crippen LogP contribution in [0.5, 0.6) is 0 Å². The quantitative estimate of drug-likeness (QED) is 0.254. The molecule has 3 heterocycles. The summed E-state index contributed by atoms with van der Waals surface area (Å²) in [5.74, 6) is 0.187. The van der Waals surface area contributed by atoms with Crippen LogP contribution in [0.15, 0.2) is 107 Å². The molecule has 1 atom stereocenters. The molecule has 0 fully saturated rings. The molecular weight excluding hydrogens is 533 g/mol. The second-order valence-corrected chi connectivity index (χ2v) is 9.73. The second-order valence-electron chi connectivity index (χ2n) is 8.81. The average molecular weight is 554 g/mol. The van der Waals surface area contributed by atoms with Gasteiger partial charge >= 0.3 is 0 Å². The highest BCUT2D eigenvalue weighted by Gasteiger charge is 2.33. The van der Waals surface area contributed by atoms with Crippen molar-refractivity contribution in [3.05, 3.63) is 119 Å². The van der Waals surface area contributed by atoms with Crippen LogP contribution in [0.4, 0.5) is 4.39 Å². The molecule has 1 aliphatic rings. The zero-order valence-corrected chi connectivity index (χ0v) is 21.2. The van der Waals surface area contributed by atoms with Gasteiger partial charge in [-0.2, -0.15) is 5.10 Å². The minimum atomic E-state index is -0.342. The summed E-state index contributed by atoms with van der Waals surface area (Å²) in [7, 11) is 0. The van der Waals surface area contributed by atoms with Crippen LogP contribution in [0, 0.1) is 5.82 Å². The highest BCUT2D eigenvalue weighted by molar-refractivity contribution is 9.10. The molecule has 0 saturated carbocycles. The van der Waals surface area contributed by atoms with E-state index in [9.17, 15) is 9.18 Å². The van der Waals surface area contributed by atoms with Gasteiger partial charge in [0.2, 0.25) is 0 Å². The molecule has 3 aromatic carbocycles. The number of hydrogen-bond donors (Lipinski definition) is 0. The molecule has 6 nitrogen and oxygen atoms in total.